The minimum Gasteiger partial charge on any atom is -0.497 e. The summed E-state index contributed by atoms with van der Waals surface area (Å²) in [6.07, 6.45) is 4.73. The number of ether oxygens (including phenoxy) is 2. The van der Waals surface area contributed by atoms with Crippen LogP contribution in [-0.4, -0.2) is 39.8 Å². The third kappa shape index (κ3) is 6.45. The van der Waals surface area contributed by atoms with Gasteiger partial charge in [-0.05, 0) is 128 Å². The molecule has 0 spiro atoms. The summed E-state index contributed by atoms with van der Waals surface area (Å²) in [5.41, 5.74) is 17.2. The summed E-state index contributed by atoms with van der Waals surface area (Å²) in [6, 6.07) is 66.6. The summed E-state index contributed by atoms with van der Waals surface area (Å²) < 4.78 is 13.3. The van der Waals surface area contributed by atoms with Gasteiger partial charge >= 0.3 is 0 Å². The molecule has 10 aromatic rings. The van der Waals surface area contributed by atoms with Gasteiger partial charge in [0.05, 0.1) is 31.3 Å². The van der Waals surface area contributed by atoms with Gasteiger partial charge in [0.2, 0.25) is 11.9 Å². The second kappa shape index (κ2) is 15.8. The lowest BCUT2D eigenvalue weighted by atomic mass is 9.70. The first-order valence-corrected chi connectivity index (χ1v) is 23.6. The molecule has 69 heavy (non-hydrogen) atoms. The lowest BCUT2D eigenvalue weighted by Gasteiger charge is -2.35. The van der Waals surface area contributed by atoms with Crippen molar-refractivity contribution < 1.29 is 9.47 Å². The number of anilines is 2. The summed E-state index contributed by atoms with van der Waals surface area (Å²) >= 11 is 0. The third-order valence-corrected chi connectivity index (χ3v) is 14.6. The lowest BCUT2D eigenvalue weighted by Crippen LogP contribution is -2.35. The molecular weight excluding hydrogens is 847 g/mol. The fraction of sp³-hybridized carbons (Fsp3) is 0.113. The van der Waals surface area contributed by atoms with E-state index < -0.39 is 0 Å². The van der Waals surface area contributed by atoms with Crippen LogP contribution in [0.15, 0.2) is 206 Å². The molecule has 7 nitrogen and oxygen atoms in total. The molecule has 0 bridgehead atoms. The van der Waals surface area contributed by atoms with Crippen LogP contribution >= 0.6 is 0 Å². The van der Waals surface area contributed by atoms with Gasteiger partial charge in [0.1, 0.15) is 11.5 Å². The Kier molecular flexibility index (Phi) is 9.31. The van der Waals surface area contributed by atoms with E-state index in [-0.39, 0.29) is 17.4 Å². The molecule has 0 fully saturated rings. The van der Waals surface area contributed by atoms with E-state index in [2.05, 4.69) is 199 Å². The normalized spacial score (nSPS) is 16.4. The first-order valence-electron chi connectivity index (χ1n) is 23.6. The summed E-state index contributed by atoms with van der Waals surface area (Å²) in [4.78, 5) is 18.9. The van der Waals surface area contributed by atoms with E-state index in [1.54, 1.807) is 14.2 Å². The summed E-state index contributed by atoms with van der Waals surface area (Å²) in [6.45, 7) is 4.77. The fourth-order valence-electron chi connectivity index (χ4n) is 11.4. The van der Waals surface area contributed by atoms with Gasteiger partial charge in [-0.1, -0.05) is 147 Å². The second-order valence-corrected chi connectivity index (χ2v) is 18.7. The number of nitrogens with zero attached hydrogens (tertiary/aromatic N) is 5. The van der Waals surface area contributed by atoms with Crippen LogP contribution < -0.4 is 14.4 Å². The summed E-state index contributed by atoms with van der Waals surface area (Å²) in [5, 5.41) is 2.29. The Hall–Kier alpha value is -8.55. The number of hydrogen-bond acceptors (Lipinski definition) is 6. The first kappa shape index (κ1) is 40.7. The maximum atomic E-state index is 5.53. The highest BCUT2D eigenvalue weighted by Gasteiger charge is 2.50. The third-order valence-electron chi connectivity index (χ3n) is 14.6. The molecular formula is C62H47N5O2. The number of rotatable bonds is 8. The summed E-state index contributed by atoms with van der Waals surface area (Å²) in [5.74, 6) is 3.49. The minimum atomic E-state index is -0.167. The molecule has 2 atom stereocenters. The van der Waals surface area contributed by atoms with Crippen LogP contribution in [0.4, 0.5) is 11.6 Å². The predicted octanol–water partition coefficient (Wildman–Crippen LogP) is 14.6. The van der Waals surface area contributed by atoms with Crippen molar-refractivity contribution in [2.24, 2.45) is 0 Å². The van der Waals surface area contributed by atoms with Crippen LogP contribution in [0.2, 0.25) is 0 Å². The van der Waals surface area contributed by atoms with Crippen molar-refractivity contribution in [2.45, 2.75) is 31.2 Å². The van der Waals surface area contributed by atoms with Gasteiger partial charge in [0.15, 0.2) is 5.82 Å². The van der Waals surface area contributed by atoms with Crippen LogP contribution in [0, 0.1) is 0 Å². The van der Waals surface area contributed by atoms with Crippen LogP contribution in [0.3, 0.4) is 0 Å². The highest BCUT2D eigenvalue weighted by molar-refractivity contribution is 6.09. The Morgan fingerprint density at radius 1 is 0.493 bits per heavy atom. The van der Waals surface area contributed by atoms with E-state index in [1.807, 2.05) is 24.3 Å². The first-order chi connectivity index (χ1) is 33.9. The van der Waals surface area contributed by atoms with Crippen molar-refractivity contribution in [3.63, 3.8) is 0 Å². The zero-order chi connectivity index (χ0) is 46.4. The smallest absolute Gasteiger partial charge is 0.240 e. The lowest BCUT2D eigenvalue weighted by molar-refractivity contribution is 0.415. The SMILES string of the molecule is COc1ccc(-c2cc(-c3ccc(OC)cc3)cc(-c3cccc(-c4nc(N5c6ccccc6C6C7=C(C=CC65)c5ccccc5C7(C)C)nc(-n5c6ccccc6c6ccccc65)n4)c3)c2)cc1. The van der Waals surface area contributed by atoms with Gasteiger partial charge in [0, 0.05) is 33.4 Å². The average Bonchev–Trinajstić information content (AvgIpc) is 4.01. The van der Waals surface area contributed by atoms with Gasteiger partial charge in [-0.15, -0.1) is 0 Å². The Morgan fingerprint density at radius 3 is 1.71 bits per heavy atom. The number of allylic oxidation sites excluding steroid dienone is 2. The van der Waals surface area contributed by atoms with Crippen LogP contribution in [0.25, 0.3) is 78.1 Å². The van der Waals surface area contributed by atoms with E-state index in [9.17, 15) is 0 Å². The number of hydrogen-bond donors (Lipinski definition) is 0. The molecule has 3 aliphatic rings. The van der Waals surface area contributed by atoms with Crippen LogP contribution in [0.5, 0.6) is 11.5 Å². The monoisotopic (exact) mass is 893 g/mol. The molecule has 3 heterocycles. The molecule has 7 heteroatoms. The van der Waals surface area contributed by atoms with E-state index >= 15 is 0 Å². The van der Waals surface area contributed by atoms with Crippen molar-refractivity contribution in [2.75, 3.05) is 19.1 Å². The van der Waals surface area contributed by atoms with E-state index in [0.717, 1.165) is 77.9 Å². The van der Waals surface area contributed by atoms with E-state index in [0.29, 0.717) is 17.7 Å². The maximum absolute atomic E-state index is 5.53. The van der Waals surface area contributed by atoms with Crippen molar-refractivity contribution in [3.05, 3.63) is 222 Å². The molecule has 0 saturated carbocycles. The van der Waals surface area contributed by atoms with Gasteiger partial charge in [-0.25, -0.2) is 0 Å². The maximum Gasteiger partial charge on any atom is 0.240 e. The molecule has 0 amide bonds. The van der Waals surface area contributed by atoms with Crippen LogP contribution in [-0.2, 0) is 5.41 Å². The molecule has 2 aromatic heterocycles. The molecule has 2 aliphatic carbocycles. The standard InChI is InChI=1S/C62H47N5O2/c1-62(2)52-20-9-5-16-47(52)50-32-33-56-57(58(50)62)51-19-8-12-23-55(51)67(56)61-64-59(63-60(65-61)66-53-21-10-6-17-48(53)49-18-7-11-22-54(49)66)41-15-13-14-40(34-41)44-36-42(38-24-28-45(68-3)29-25-38)35-43(37-44)39-26-30-46(69-4)31-27-39/h5-37,56-57H,1-4H3. The average molecular weight is 894 g/mol. The molecule has 1 aliphatic heterocycles. The number of para-hydroxylation sites is 3. The molecule has 0 N–H and O–H groups in total. The second-order valence-electron chi connectivity index (χ2n) is 18.7. The van der Waals surface area contributed by atoms with Crippen molar-refractivity contribution >= 4 is 39.0 Å². The van der Waals surface area contributed by atoms with Gasteiger partial charge < -0.3 is 14.4 Å². The molecule has 0 saturated heterocycles. The highest BCUT2D eigenvalue weighted by Crippen LogP contribution is 2.60. The Bertz CT molecular complexity index is 3630. The van der Waals surface area contributed by atoms with Crippen molar-refractivity contribution in [1.29, 1.82) is 0 Å². The zero-order valence-corrected chi connectivity index (χ0v) is 38.8. The highest BCUT2D eigenvalue weighted by atomic mass is 16.5. The van der Waals surface area contributed by atoms with Crippen molar-refractivity contribution in [1.82, 2.24) is 19.5 Å². The van der Waals surface area contributed by atoms with E-state index in [4.69, 9.17) is 24.4 Å². The molecule has 8 aromatic carbocycles. The molecule has 13 rings (SSSR count). The number of fused-ring (bicyclic) bond motifs is 9. The quantitative estimate of drug-likeness (QED) is 0.151. The predicted molar refractivity (Wildman–Crippen MR) is 280 cm³/mol. The number of benzene rings is 8. The Morgan fingerprint density at radius 2 is 1.04 bits per heavy atom. The molecule has 0 radical (unpaired) electrons. The largest absolute Gasteiger partial charge is 0.497 e. The molecule has 2 unspecified atom stereocenters. The molecule has 332 valence electrons. The fourth-order valence-corrected chi connectivity index (χ4v) is 11.4. The van der Waals surface area contributed by atoms with Crippen LogP contribution in [0.1, 0.15) is 36.5 Å². The Balaban J connectivity index is 1.000. The van der Waals surface area contributed by atoms with Gasteiger partial charge in [0.25, 0.3) is 0 Å². The Labute approximate surface area is 401 Å². The van der Waals surface area contributed by atoms with Gasteiger partial charge in [-0.2, -0.15) is 15.0 Å². The topological polar surface area (TPSA) is 65.3 Å². The minimum absolute atomic E-state index is 0.0561. The summed E-state index contributed by atoms with van der Waals surface area (Å²) in [7, 11) is 3.39. The van der Waals surface area contributed by atoms with Crippen molar-refractivity contribution in [3.8, 4) is 62.2 Å². The number of aromatic nitrogens is 4. The number of methoxy groups -OCH3 is 2. The van der Waals surface area contributed by atoms with E-state index in [1.165, 1.54) is 27.8 Å². The van der Waals surface area contributed by atoms with Gasteiger partial charge in [-0.3, -0.25) is 4.57 Å². The zero-order valence-electron chi connectivity index (χ0n) is 38.8.